The van der Waals surface area contributed by atoms with Crippen LogP contribution in [0.25, 0.3) is 28.4 Å². The van der Waals surface area contributed by atoms with Gasteiger partial charge in [-0.3, -0.25) is 4.79 Å². The number of hydrogen-bond acceptors (Lipinski definition) is 5. The lowest BCUT2D eigenvalue weighted by molar-refractivity contribution is -0.126. The van der Waals surface area contributed by atoms with E-state index in [0.29, 0.717) is 31.3 Å². The summed E-state index contributed by atoms with van der Waals surface area (Å²) in [6.07, 6.45) is 6.11. The Hall–Kier alpha value is -4.10. The van der Waals surface area contributed by atoms with Crippen molar-refractivity contribution in [3.05, 3.63) is 83.6 Å². The Morgan fingerprint density at radius 2 is 1.75 bits per heavy atom. The van der Waals surface area contributed by atoms with Crippen LogP contribution >= 0.6 is 0 Å². The van der Waals surface area contributed by atoms with Crippen LogP contribution < -0.4 is 9.47 Å². The van der Waals surface area contributed by atoms with Crippen LogP contribution in [-0.4, -0.2) is 48.2 Å². The van der Waals surface area contributed by atoms with Crippen LogP contribution in [0.15, 0.2) is 66.9 Å². The van der Waals surface area contributed by atoms with Gasteiger partial charge in [-0.25, -0.2) is 4.98 Å². The largest absolute Gasteiger partial charge is 0.493 e. The standard InChI is InChI=1S/C29H29N3O4/c1-34-19-32-28(20-8-5-4-6-9-20)23(24-10-7-14-30-29(24)32)11-12-27(33)31-15-13-21-16-25(35-2)26(36-3)17-22(21)18-31/h4-12,14,16-17H,13,15,18-19H2,1-3H3/b12-11+. The summed E-state index contributed by atoms with van der Waals surface area (Å²) in [6, 6.07) is 18.0. The highest BCUT2D eigenvalue weighted by Gasteiger charge is 2.23. The topological polar surface area (TPSA) is 65.8 Å². The zero-order chi connectivity index (χ0) is 25.1. The third kappa shape index (κ3) is 4.33. The van der Waals surface area contributed by atoms with Crippen LogP contribution in [0.5, 0.6) is 11.5 Å². The highest BCUT2D eigenvalue weighted by Crippen LogP contribution is 2.35. The Kier molecular flexibility index (Phi) is 6.73. The lowest BCUT2D eigenvalue weighted by atomic mass is 9.98. The Bertz CT molecular complexity index is 1430. The first kappa shape index (κ1) is 23.6. The molecule has 0 radical (unpaired) electrons. The number of pyridine rings is 1. The Morgan fingerprint density at radius 3 is 2.47 bits per heavy atom. The molecule has 7 nitrogen and oxygen atoms in total. The molecule has 0 bridgehead atoms. The predicted molar refractivity (Wildman–Crippen MR) is 140 cm³/mol. The minimum absolute atomic E-state index is 0.0361. The van der Waals surface area contributed by atoms with Gasteiger partial charge in [-0.15, -0.1) is 0 Å². The second-order valence-electron chi connectivity index (χ2n) is 8.67. The molecule has 1 aliphatic heterocycles. The fourth-order valence-corrected chi connectivity index (χ4v) is 4.86. The molecule has 184 valence electrons. The van der Waals surface area contributed by atoms with Crippen LogP contribution in [0.4, 0.5) is 0 Å². The first-order chi connectivity index (χ1) is 17.6. The van der Waals surface area contributed by atoms with Gasteiger partial charge in [0.1, 0.15) is 12.4 Å². The summed E-state index contributed by atoms with van der Waals surface area (Å²) in [6.45, 7) is 1.52. The molecule has 0 atom stereocenters. The maximum atomic E-state index is 13.3. The number of amides is 1. The van der Waals surface area contributed by atoms with E-state index in [1.165, 1.54) is 5.56 Å². The molecule has 0 saturated heterocycles. The lowest BCUT2D eigenvalue weighted by Crippen LogP contribution is -2.34. The number of ether oxygens (including phenoxy) is 3. The molecule has 5 rings (SSSR count). The van der Waals surface area contributed by atoms with E-state index in [0.717, 1.165) is 39.8 Å². The maximum Gasteiger partial charge on any atom is 0.246 e. The number of fused-ring (bicyclic) bond motifs is 2. The van der Waals surface area contributed by atoms with Crippen molar-refractivity contribution in [1.29, 1.82) is 0 Å². The van der Waals surface area contributed by atoms with Gasteiger partial charge >= 0.3 is 0 Å². The molecular formula is C29H29N3O4. The highest BCUT2D eigenvalue weighted by molar-refractivity contribution is 6.00. The highest BCUT2D eigenvalue weighted by atomic mass is 16.5. The van der Waals surface area contributed by atoms with E-state index in [9.17, 15) is 4.79 Å². The van der Waals surface area contributed by atoms with Crippen molar-refractivity contribution in [3.63, 3.8) is 0 Å². The minimum atomic E-state index is -0.0361. The summed E-state index contributed by atoms with van der Waals surface area (Å²) in [5.41, 5.74) is 6.02. The zero-order valence-corrected chi connectivity index (χ0v) is 20.7. The molecule has 4 aromatic rings. The number of rotatable bonds is 7. The average molecular weight is 484 g/mol. The van der Waals surface area contributed by atoms with E-state index in [2.05, 4.69) is 17.1 Å². The van der Waals surface area contributed by atoms with Gasteiger partial charge in [-0.1, -0.05) is 30.3 Å². The first-order valence-electron chi connectivity index (χ1n) is 11.9. The van der Waals surface area contributed by atoms with Crippen molar-refractivity contribution in [3.8, 4) is 22.8 Å². The van der Waals surface area contributed by atoms with Gasteiger partial charge in [-0.2, -0.15) is 0 Å². The molecule has 1 amide bonds. The molecule has 0 N–H and O–H groups in total. The summed E-state index contributed by atoms with van der Waals surface area (Å²) >= 11 is 0. The summed E-state index contributed by atoms with van der Waals surface area (Å²) in [7, 11) is 4.93. The molecular weight excluding hydrogens is 454 g/mol. The number of carbonyl (C=O) groups is 1. The van der Waals surface area contributed by atoms with Crippen LogP contribution in [0, 0.1) is 0 Å². The average Bonchev–Trinajstić information content (AvgIpc) is 3.24. The number of methoxy groups -OCH3 is 3. The second-order valence-corrected chi connectivity index (χ2v) is 8.67. The third-order valence-corrected chi connectivity index (χ3v) is 6.59. The molecule has 0 spiro atoms. The summed E-state index contributed by atoms with van der Waals surface area (Å²) < 4.78 is 18.4. The van der Waals surface area contributed by atoms with Gasteiger partial charge in [0.05, 0.1) is 19.9 Å². The molecule has 3 heterocycles. The van der Waals surface area contributed by atoms with E-state index >= 15 is 0 Å². The van der Waals surface area contributed by atoms with Gasteiger partial charge in [-0.05, 0) is 53.5 Å². The molecule has 2 aromatic carbocycles. The monoisotopic (exact) mass is 483 g/mol. The molecule has 1 aliphatic rings. The van der Waals surface area contributed by atoms with Gasteiger partial charge in [0.25, 0.3) is 0 Å². The molecule has 0 unspecified atom stereocenters. The smallest absolute Gasteiger partial charge is 0.246 e. The van der Waals surface area contributed by atoms with Crippen molar-refractivity contribution in [2.75, 3.05) is 27.9 Å². The van der Waals surface area contributed by atoms with Gasteiger partial charge in [0.15, 0.2) is 11.5 Å². The predicted octanol–water partition coefficient (Wildman–Crippen LogP) is 4.92. The molecule has 7 heteroatoms. The maximum absolute atomic E-state index is 13.3. The van der Waals surface area contributed by atoms with E-state index in [4.69, 9.17) is 14.2 Å². The lowest BCUT2D eigenvalue weighted by Gasteiger charge is -2.28. The summed E-state index contributed by atoms with van der Waals surface area (Å²) in [5, 5.41) is 0.971. The van der Waals surface area contributed by atoms with E-state index in [1.807, 2.05) is 58.0 Å². The van der Waals surface area contributed by atoms with Crippen LogP contribution in [-0.2, 0) is 29.2 Å². The van der Waals surface area contributed by atoms with Crippen molar-refractivity contribution in [1.82, 2.24) is 14.5 Å². The number of hydrogen-bond donors (Lipinski definition) is 0. The van der Waals surface area contributed by atoms with Gasteiger partial charge < -0.3 is 23.7 Å². The fourth-order valence-electron chi connectivity index (χ4n) is 4.86. The van der Waals surface area contributed by atoms with E-state index in [1.54, 1.807) is 33.6 Å². The Morgan fingerprint density at radius 1 is 1.00 bits per heavy atom. The third-order valence-electron chi connectivity index (χ3n) is 6.59. The minimum Gasteiger partial charge on any atom is -0.493 e. The van der Waals surface area contributed by atoms with E-state index < -0.39 is 0 Å². The molecule has 2 aromatic heterocycles. The van der Waals surface area contributed by atoms with Gasteiger partial charge in [0.2, 0.25) is 5.91 Å². The summed E-state index contributed by atoms with van der Waals surface area (Å²) in [4.78, 5) is 19.8. The number of carbonyl (C=O) groups excluding carboxylic acids is 1. The normalized spacial score (nSPS) is 13.2. The first-order valence-corrected chi connectivity index (χ1v) is 11.9. The molecule has 0 saturated carbocycles. The number of benzene rings is 2. The summed E-state index contributed by atoms with van der Waals surface area (Å²) in [5.74, 6) is 1.35. The molecule has 0 fully saturated rings. The quantitative estimate of drug-likeness (QED) is 0.349. The second kappa shape index (κ2) is 10.3. The fraction of sp³-hybridized carbons (Fsp3) is 0.241. The number of aromatic nitrogens is 2. The van der Waals surface area contributed by atoms with Crippen molar-refractivity contribution >= 4 is 23.0 Å². The Balaban J connectivity index is 1.49. The Labute approximate surface area is 210 Å². The zero-order valence-electron chi connectivity index (χ0n) is 20.7. The van der Waals surface area contributed by atoms with Gasteiger partial charge in [0, 0.05) is 43.4 Å². The van der Waals surface area contributed by atoms with Crippen LogP contribution in [0.3, 0.4) is 0 Å². The van der Waals surface area contributed by atoms with Crippen LogP contribution in [0.2, 0.25) is 0 Å². The van der Waals surface area contributed by atoms with Crippen LogP contribution in [0.1, 0.15) is 16.7 Å². The number of nitrogens with zero attached hydrogens (tertiary/aromatic N) is 3. The molecule has 36 heavy (non-hydrogen) atoms. The van der Waals surface area contributed by atoms with Crippen molar-refractivity contribution in [2.24, 2.45) is 0 Å². The van der Waals surface area contributed by atoms with Crippen molar-refractivity contribution in [2.45, 2.75) is 19.7 Å². The van der Waals surface area contributed by atoms with Crippen molar-refractivity contribution < 1.29 is 19.0 Å². The van der Waals surface area contributed by atoms with E-state index in [-0.39, 0.29) is 5.91 Å². The molecule has 0 aliphatic carbocycles. The SMILES string of the molecule is COCn1c(-c2ccccc2)c(/C=C/C(=O)N2CCc3cc(OC)c(OC)cc3C2)c2cccnc21.